The average molecular weight is 399 g/mol. The van der Waals surface area contributed by atoms with Gasteiger partial charge in [0.2, 0.25) is 5.88 Å². The first-order valence-electron chi connectivity index (χ1n) is 9.55. The van der Waals surface area contributed by atoms with Crippen LogP contribution in [0.5, 0.6) is 5.88 Å². The van der Waals surface area contributed by atoms with E-state index in [1.54, 1.807) is 6.20 Å². The van der Waals surface area contributed by atoms with Crippen LogP contribution in [0.1, 0.15) is 61.0 Å². The van der Waals surface area contributed by atoms with Gasteiger partial charge in [0.05, 0.1) is 10.6 Å². The van der Waals surface area contributed by atoms with Gasteiger partial charge in [-0.1, -0.05) is 17.9 Å². The molecule has 1 aliphatic carbocycles. The molecule has 2 aromatic rings. The third kappa shape index (κ3) is 5.74. The van der Waals surface area contributed by atoms with Gasteiger partial charge in [0, 0.05) is 23.7 Å². The number of rotatable bonds is 5. The SMILES string of the molecule is CC(C)(C)C#Cc1cc(N[C@H]2CC[C@H](Oc3ccccn3)CC2)c(C(=O)O)s1. The van der Waals surface area contributed by atoms with Crippen molar-refractivity contribution in [1.82, 2.24) is 4.98 Å². The van der Waals surface area contributed by atoms with Crippen molar-refractivity contribution in [1.29, 1.82) is 0 Å². The minimum Gasteiger partial charge on any atom is -0.477 e. The van der Waals surface area contributed by atoms with Crippen LogP contribution >= 0.6 is 11.3 Å². The highest BCUT2D eigenvalue weighted by Crippen LogP contribution is 2.31. The molecule has 5 nitrogen and oxygen atoms in total. The van der Waals surface area contributed by atoms with E-state index >= 15 is 0 Å². The quantitative estimate of drug-likeness (QED) is 0.690. The summed E-state index contributed by atoms with van der Waals surface area (Å²) in [6.07, 6.45) is 5.56. The molecule has 0 amide bonds. The number of nitrogens with one attached hydrogen (secondary N) is 1. The van der Waals surface area contributed by atoms with Crippen molar-refractivity contribution < 1.29 is 14.6 Å². The largest absolute Gasteiger partial charge is 0.477 e. The molecule has 0 atom stereocenters. The fourth-order valence-corrected chi connectivity index (χ4v) is 3.91. The topological polar surface area (TPSA) is 71.5 Å². The summed E-state index contributed by atoms with van der Waals surface area (Å²) in [7, 11) is 0. The maximum absolute atomic E-state index is 11.6. The Morgan fingerprint density at radius 2 is 2.04 bits per heavy atom. The van der Waals surface area contributed by atoms with Gasteiger partial charge in [-0.15, -0.1) is 11.3 Å². The average Bonchev–Trinajstić information content (AvgIpc) is 3.05. The molecule has 1 saturated carbocycles. The fourth-order valence-electron chi connectivity index (χ4n) is 3.10. The van der Waals surface area contributed by atoms with Gasteiger partial charge in [-0.25, -0.2) is 9.78 Å². The Kier molecular flexibility index (Phi) is 6.25. The first-order chi connectivity index (χ1) is 13.3. The predicted molar refractivity (Wildman–Crippen MR) is 112 cm³/mol. The summed E-state index contributed by atoms with van der Waals surface area (Å²) in [5.41, 5.74) is 0.553. The molecule has 0 unspecified atom stereocenters. The zero-order chi connectivity index (χ0) is 20.1. The van der Waals surface area contributed by atoms with E-state index < -0.39 is 5.97 Å². The van der Waals surface area contributed by atoms with Crippen molar-refractivity contribution in [2.24, 2.45) is 5.41 Å². The Morgan fingerprint density at radius 3 is 2.64 bits per heavy atom. The number of ether oxygens (including phenoxy) is 1. The van der Waals surface area contributed by atoms with Gasteiger partial charge in [0.25, 0.3) is 0 Å². The van der Waals surface area contributed by atoms with Crippen LogP contribution in [-0.4, -0.2) is 28.2 Å². The molecule has 28 heavy (non-hydrogen) atoms. The van der Waals surface area contributed by atoms with Crippen LogP contribution in [0.4, 0.5) is 5.69 Å². The molecule has 2 aromatic heterocycles. The van der Waals surface area contributed by atoms with Crippen LogP contribution in [0.2, 0.25) is 0 Å². The number of carboxylic acid groups (broad SMARTS) is 1. The minimum atomic E-state index is -0.913. The van der Waals surface area contributed by atoms with Gasteiger partial charge in [-0.2, -0.15) is 0 Å². The van der Waals surface area contributed by atoms with Crippen molar-refractivity contribution >= 4 is 23.0 Å². The summed E-state index contributed by atoms with van der Waals surface area (Å²) in [4.78, 5) is 16.9. The number of thiophene rings is 1. The first kappa shape index (κ1) is 20.2. The molecule has 148 valence electrons. The maximum Gasteiger partial charge on any atom is 0.348 e. The van der Waals surface area contributed by atoms with E-state index in [0.717, 1.165) is 30.6 Å². The highest BCUT2D eigenvalue weighted by atomic mass is 32.1. The summed E-state index contributed by atoms with van der Waals surface area (Å²) in [5.74, 6) is 6.02. The Balaban J connectivity index is 1.61. The Hall–Kier alpha value is -2.52. The number of aromatic nitrogens is 1. The van der Waals surface area contributed by atoms with E-state index in [1.807, 2.05) is 45.0 Å². The number of carbonyl (C=O) groups is 1. The van der Waals surface area contributed by atoms with Crippen LogP contribution in [0.15, 0.2) is 30.5 Å². The number of carboxylic acids is 1. The molecule has 0 radical (unpaired) electrons. The minimum absolute atomic E-state index is 0.118. The molecule has 0 aliphatic heterocycles. The Labute approximate surface area is 170 Å². The molecule has 0 saturated heterocycles. The number of hydrogen-bond acceptors (Lipinski definition) is 5. The second kappa shape index (κ2) is 8.66. The summed E-state index contributed by atoms with van der Waals surface area (Å²) < 4.78 is 5.93. The Bertz CT molecular complexity index is 867. The van der Waals surface area contributed by atoms with Gasteiger partial charge in [0.1, 0.15) is 11.0 Å². The lowest BCUT2D eigenvalue weighted by atomic mass is 9.92. The summed E-state index contributed by atoms with van der Waals surface area (Å²) >= 11 is 1.23. The number of aromatic carboxylic acids is 1. The lowest BCUT2D eigenvalue weighted by Gasteiger charge is -2.29. The van der Waals surface area contributed by atoms with Crippen molar-refractivity contribution in [3.8, 4) is 17.7 Å². The summed E-state index contributed by atoms with van der Waals surface area (Å²) in [5, 5.41) is 13.0. The lowest BCUT2D eigenvalue weighted by molar-refractivity contribution is 0.0703. The smallest absolute Gasteiger partial charge is 0.348 e. The normalized spacial score (nSPS) is 19.4. The zero-order valence-corrected chi connectivity index (χ0v) is 17.3. The molecule has 2 heterocycles. The van der Waals surface area contributed by atoms with E-state index in [4.69, 9.17) is 4.74 Å². The molecule has 0 aromatic carbocycles. The number of nitrogens with zero attached hydrogens (tertiary/aromatic N) is 1. The molecular weight excluding hydrogens is 372 g/mol. The number of anilines is 1. The third-order valence-corrected chi connectivity index (χ3v) is 5.48. The van der Waals surface area contributed by atoms with Gasteiger partial charge >= 0.3 is 5.97 Å². The number of hydrogen-bond donors (Lipinski definition) is 2. The van der Waals surface area contributed by atoms with Crippen molar-refractivity contribution in [3.05, 3.63) is 40.2 Å². The first-order valence-corrected chi connectivity index (χ1v) is 10.4. The van der Waals surface area contributed by atoms with E-state index in [0.29, 0.717) is 16.4 Å². The maximum atomic E-state index is 11.6. The van der Waals surface area contributed by atoms with E-state index in [9.17, 15) is 9.90 Å². The molecular formula is C22H26N2O3S. The summed E-state index contributed by atoms with van der Waals surface area (Å²) in [6, 6.07) is 7.76. The second-order valence-electron chi connectivity index (χ2n) is 8.06. The van der Waals surface area contributed by atoms with Gasteiger partial charge in [-0.05, 0) is 58.6 Å². The fraction of sp³-hybridized carbons (Fsp3) is 0.455. The van der Waals surface area contributed by atoms with E-state index in [-0.39, 0.29) is 17.6 Å². The highest BCUT2D eigenvalue weighted by Gasteiger charge is 2.25. The van der Waals surface area contributed by atoms with Crippen LogP contribution in [-0.2, 0) is 0 Å². The van der Waals surface area contributed by atoms with Gasteiger partial charge in [-0.3, -0.25) is 0 Å². The summed E-state index contributed by atoms with van der Waals surface area (Å²) in [6.45, 7) is 6.11. The molecule has 1 fully saturated rings. The Morgan fingerprint density at radius 1 is 1.29 bits per heavy atom. The van der Waals surface area contributed by atoms with Crippen molar-refractivity contribution in [2.75, 3.05) is 5.32 Å². The van der Waals surface area contributed by atoms with Crippen LogP contribution in [0, 0.1) is 17.3 Å². The van der Waals surface area contributed by atoms with E-state index in [1.165, 1.54) is 11.3 Å². The van der Waals surface area contributed by atoms with Gasteiger partial charge in [0.15, 0.2) is 0 Å². The predicted octanol–water partition coefficient (Wildman–Crippen LogP) is 5.04. The lowest BCUT2D eigenvalue weighted by Crippen LogP contribution is -2.31. The molecule has 6 heteroatoms. The van der Waals surface area contributed by atoms with Crippen molar-refractivity contribution in [3.63, 3.8) is 0 Å². The van der Waals surface area contributed by atoms with Crippen LogP contribution in [0.25, 0.3) is 0 Å². The molecule has 0 spiro atoms. The van der Waals surface area contributed by atoms with Crippen molar-refractivity contribution in [2.45, 2.75) is 58.6 Å². The molecule has 1 aliphatic rings. The third-order valence-electron chi connectivity index (χ3n) is 4.45. The molecule has 3 rings (SSSR count). The standard InChI is InChI=1S/C22H26N2O3S/c1-22(2,3)12-11-17-14-18(20(28-17)21(25)26)24-15-7-9-16(10-8-15)27-19-6-4-5-13-23-19/h4-6,13-16,24H,7-10H2,1-3H3,(H,25,26)/t15-,16-. The van der Waals surface area contributed by atoms with Crippen LogP contribution < -0.4 is 10.1 Å². The molecule has 2 N–H and O–H groups in total. The number of pyridine rings is 1. The zero-order valence-electron chi connectivity index (χ0n) is 16.5. The van der Waals surface area contributed by atoms with Crippen LogP contribution in [0.3, 0.4) is 0 Å². The highest BCUT2D eigenvalue weighted by molar-refractivity contribution is 7.15. The van der Waals surface area contributed by atoms with E-state index in [2.05, 4.69) is 22.1 Å². The monoisotopic (exact) mass is 398 g/mol. The molecule has 0 bridgehead atoms. The second-order valence-corrected chi connectivity index (χ2v) is 9.11. The van der Waals surface area contributed by atoms with Gasteiger partial charge < -0.3 is 15.2 Å².